The number of hydrogen-bond acceptors (Lipinski definition) is 4. The van der Waals surface area contributed by atoms with Crippen molar-refractivity contribution < 1.29 is 14.3 Å². The maximum atomic E-state index is 9.97. The monoisotopic (exact) mass is 113 g/mol. The highest BCUT2D eigenvalue weighted by Gasteiger charge is 1.96. The van der Waals surface area contributed by atoms with Crippen LogP contribution in [-0.4, -0.2) is 12.4 Å². The molecule has 0 N–H and O–H groups in total. The Morgan fingerprint density at radius 1 is 1.88 bits per heavy atom. The SMILES string of the molecule is N#CCC(=O)OC=O. The molecule has 0 heterocycles. The Morgan fingerprint density at radius 3 is 2.88 bits per heavy atom. The van der Waals surface area contributed by atoms with E-state index in [0.29, 0.717) is 0 Å². The number of rotatable bonds is 2. The summed E-state index contributed by atoms with van der Waals surface area (Å²) >= 11 is 0. The van der Waals surface area contributed by atoms with Gasteiger partial charge in [0.1, 0.15) is 6.42 Å². The quantitative estimate of drug-likeness (QED) is 0.277. The molecular formula is C4H3NO3. The molecule has 0 aromatic rings. The van der Waals surface area contributed by atoms with Gasteiger partial charge in [0.05, 0.1) is 6.07 Å². The molecule has 0 aromatic carbocycles. The molecule has 0 fully saturated rings. The van der Waals surface area contributed by atoms with E-state index in [4.69, 9.17) is 5.26 Å². The van der Waals surface area contributed by atoms with Gasteiger partial charge < -0.3 is 4.74 Å². The van der Waals surface area contributed by atoms with Crippen molar-refractivity contribution in [3.8, 4) is 6.07 Å². The van der Waals surface area contributed by atoms with Gasteiger partial charge in [0.15, 0.2) is 0 Å². The first-order valence-electron chi connectivity index (χ1n) is 1.81. The Balaban J connectivity index is 3.36. The molecule has 0 aliphatic carbocycles. The van der Waals surface area contributed by atoms with Crippen molar-refractivity contribution in [1.29, 1.82) is 5.26 Å². The van der Waals surface area contributed by atoms with Crippen LogP contribution in [-0.2, 0) is 14.3 Å². The van der Waals surface area contributed by atoms with Gasteiger partial charge in [-0.1, -0.05) is 0 Å². The Morgan fingerprint density at radius 2 is 2.50 bits per heavy atom. The van der Waals surface area contributed by atoms with Crippen molar-refractivity contribution in [2.24, 2.45) is 0 Å². The maximum Gasteiger partial charge on any atom is 0.327 e. The molecule has 0 aliphatic heterocycles. The molecule has 0 aromatic heterocycles. The van der Waals surface area contributed by atoms with Crippen LogP contribution in [0.15, 0.2) is 0 Å². The molecule has 0 atom stereocenters. The minimum Gasteiger partial charge on any atom is -0.395 e. The number of nitriles is 1. The van der Waals surface area contributed by atoms with Crippen molar-refractivity contribution in [3.63, 3.8) is 0 Å². The Hall–Kier alpha value is -1.37. The fraction of sp³-hybridized carbons (Fsp3) is 0.250. The van der Waals surface area contributed by atoms with Crippen LogP contribution in [0.2, 0.25) is 0 Å². The van der Waals surface area contributed by atoms with Crippen LogP contribution in [0.1, 0.15) is 6.42 Å². The van der Waals surface area contributed by atoms with E-state index in [1.54, 1.807) is 0 Å². The number of carbonyl (C=O) groups excluding carboxylic acids is 2. The molecular weight excluding hydrogens is 110 g/mol. The van der Waals surface area contributed by atoms with Gasteiger partial charge in [-0.3, -0.25) is 9.59 Å². The highest BCUT2D eigenvalue weighted by molar-refractivity contribution is 5.77. The molecule has 4 nitrogen and oxygen atoms in total. The fourth-order valence-electron chi connectivity index (χ4n) is 0.160. The first kappa shape index (κ1) is 6.63. The van der Waals surface area contributed by atoms with Crippen molar-refractivity contribution in [2.75, 3.05) is 0 Å². The topological polar surface area (TPSA) is 67.2 Å². The molecule has 0 unspecified atom stereocenters. The van der Waals surface area contributed by atoms with Crippen LogP contribution in [0.5, 0.6) is 0 Å². The van der Waals surface area contributed by atoms with Gasteiger partial charge in [0.25, 0.3) is 0 Å². The number of ether oxygens (including phenoxy) is 1. The van der Waals surface area contributed by atoms with Crippen LogP contribution in [0.4, 0.5) is 0 Å². The Kier molecular flexibility index (Phi) is 3.16. The second-order valence-electron chi connectivity index (χ2n) is 0.921. The molecule has 0 saturated carbocycles. The molecule has 8 heavy (non-hydrogen) atoms. The lowest BCUT2D eigenvalue weighted by Gasteiger charge is -1.83. The van der Waals surface area contributed by atoms with E-state index in [1.165, 1.54) is 6.07 Å². The standard InChI is InChI=1S/C4H3NO3/c5-2-1-4(7)8-3-6/h3H,1H2. The lowest BCUT2D eigenvalue weighted by molar-refractivity contribution is -0.150. The summed E-state index contributed by atoms with van der Waals surface area (Å²) in [7, 11) is 0. The van der Waals surface area contributed by atoms with Crippen LogP contribution in [0.3, 0.4) is 0 Å². The Bertz CT molecular complexity index is 135. The third kappa shape index (κ3) is 2.85. The van der Waals surface area contributed by atoms with Crippen LogP contribution < -0.4 is 0 Å². The molecule has 0 saturated heterocycles. The lowest BCUT2D eigenvalue weighted by Crippen LogP contribution is -1.99. The number of nitrogens with zero attached hydrogens (tertiary/aromatic N) is 1. The normalized spacial score (nSPS) is 6.88. The highest BCUT2D eigenvalue weighted by Crippen LogP contribution is 1.77. The molecule has 42 valence electrons. The molecule has 0 radical (unpaired) electrons. The second kappa shape index (κ2) is 3.81. The second-order valence-corrected chi connectivity index (χ2v) is 0.921. The van der Waals surface area contributed by atoms with Crippen molar-refractivity contribution in [2.45, 2.75) is 6.42 Å². The molecule has 4 heteroatoms. The summed E-state index contributed by atoms with van der Waals surface area (Å²) < 4.78 is 3.74. The molecule has 0 bridgehead atoms. The van der Waals surface area contributed by atoms with Gasteiger partial charge in [0.2, 0.25) is 0 Å². The number of hydrogen-bond donors (Lipinski definition) is 0. The van der Waals surface area contributed by atoms with Gasteiger partial charge in [-0.15, -0.1) is 0 Å². The summed E-state index contributed by atoms with van der Waals surface area (Å²) in [5, 5.41) is 7.80. The average molecular weight is 113 g/mol. The van der Waals surface area contributed by atoms with E-state index in [9.17, 15) is 9.59 Å². The first-order valence-corrected chi connectivity index (χ1v) is 1.81. The lowest BCUT2D eigenvalue weighted by atomic mass is 10.5. The van der Waals surface area contributed by atoms with Crippen molar-refractivity contribution in [1.82, 2.24) is 0 Å². The smallest absolute Gasteiger partial charge is 0.327 e. The van der Waals surface area contributed by atoms with Gasteiger partial charge in [-0.2, -0.15) is 5.26 Å². The van der Waals surface area contributed by atoms with E-state index >= 15 is 0 Å². The maximum absolute atomic E-state index is 9.97. The van der Waals surface area contributed by atoms with E-state index in [-0.39, 0.29) is 12.9 Å². The minimum atomic E-state index is -0.817. The molecule has 0 amide bonds. The first-order chi connectivity index (χ1) is 3.81. The average Bonchev–Trinajstić information content (AvgIpc) is 1.68. The third-order valence-electron chi connectivity index (χ3n) is 0.403. The summed E-state index contributed by atoms with van der Waals surface area (Å²) in [6.45, 7) is -0.000324. The zero-order chi connectivity index (χ0) is 6.41. The summed E-state index contributed by atoms with van der Waals surface area (Å²) in [5.74, 6) is -0.817. The van der Waals surface area contributed by atoms with Crippen molar-refractivity contribution >= 4 is 12.4 Å². The number of esters is 1. The molecule has 0 rings (SSSR count). The largest absolute Gasteiger partial charge is 0.395 e. The van der Waals surface area contributed by atoms with Crippen molar-refractivity contribution in [3.05, 3.63) is 0 Å². The van der Waals surface area contributed by atoms with Crippen LogP contribution in [0.25, 0.3) is 0 Å². The van der Waals surface area contributed by atoms with E-state index in [0.717, 1.165) is 0 Å². The molecule has 0 aliphatic rings. The summed E-state index contributed by atoms with van der Waals surface area (Å²) in [4.78, 5) is 19.3. The van der Waals surface area contributed by atoms with Gasteiger partial charge in [0, 0.05) is 0 Å². The van der Waals surface area contributed by atoms with Gasteiger partial charge in [-0.05, 0) is 0 Å². The third-order valence-corrected chi connectivity index (χ3v) is 0.403. The van der Waals surface area contributed by atoms with Gasteiger partial charge in [-0.25, -0.2) is 0 Å². The summed E-state index contributed by atoms with van der Waals surface area (Å²) in [6, 6.07) is 1.52. The number of carbonyl (C=O) groups is 2. The molecule has 0 spiro atoms. The predicted octanol–water partition coefficient (Wildman–Crippen LogP) is -0.400. The zero-order valence-electron chi connectivity index (χ0n) is 3.96. The Labute approximate surface area is 45.7 Å². The van der Waals surface area contributed by atoms with E-state index in [1.807, 2.05) is 0 Å². The van der Waals surface area contributed by atoms with Gasteiger partial charge >= 0.3 is 12.4 Å². The van der Waals surface area contributed by atoms with E-state index in [2.05, 4.69) is 4.74 Å². The van der Waals surface area contributed by atoms with Crippen LogP contribution in [0, 0.1) is 11.3 Å². The minimum absolute atomic E-state index is 0.000324. The van der Waals surface area contributed by atoms with E-state index < -0.39 is 5.97 Å². The predicted molar refractivity (Wildman–Crippen MR) is 22.4 cm³/mol. The highest BCUT2D eigenvalue weighted by atomic mass is 16.6. The summed E-state index contributed by atoms with van der Waals surface area (Å²) in [6.07, 6.45) is -0.376. The van der Waals surface area contributed by atoms with Crippen LogP contribution >= 0.6 is 0 Å². The fourth-order valence-corrected chi connectivity index (χ4v) is 0.160. The zero-order valence-corrected chi connectivity index (χ0v) is 3.96. The summed E-state index contributed by atoms with van der Waals surface area (Å²) in [5.41, 5.74) is 0.